The highest BCUT2D eigenvalue weighted by atomic mass is 35.5. The monoisotopic (exact) mass is 397 g/mol. The van der Waals surface area contributed by atoms with Crippen LogP contribution in [0.15, 0.2) is 41.1 Å². The first-order chi connectivity index (χ1) is 12.9. The SMILES string of the molecule is CCN1CC=C2C(C#N)=C(N)C(C#N)(C#N)[C@@H](c3cccc(Cl)c3Cl)[C@H]2C1. The summed E-state index contributed by atoms with van der Waals surface area (Å²) in [5.41, 5.74) is 6.16. The maximum absolute atomic E-state index is 10.0. The molecule has 0 amide bonds. The van der Waals surface area contributed by atoms with Crippen molar-refractivity contribution in [1.29, 1.82) is 15.8 Å². The van der Waals surface area contributed by atoms with Gasteiger partial charge in [-0.15, -0.1) is 0 Å². The van der Waals surface area contributed by atoms with Gasteiger partial charge in [-0.3, -0.25) is 4.90 Å². The molecule has 1 aliphatic carbocycles. The molecule has 0 saturated carbocycles. The molecule has 1 aliphatic heterocycles. The first kappa shape index (κ1) is 19.3. The lowest BCUT2D eigenvalue weighted by Crippen LogP contribution is -2.48. The van der Waals surface area contributed by atoms with Crippen molar-refractivity contribution < 1.29 is 0 Å². The van der Waals surface area contributed by atoms with Crippen LogP contribution in [0, 0.1) is 45.3 Å². The van der Waals surface area contributed by atoms with Gasteiger partial charge in [0, 0.05) is 24.9 Å². The van der Waals surface area contributed by atoms with Crippen LogP contribution in [-0.2, 0) is 0 Å². The van der Waals surface area contributed by atoms with E-state index < -0.39 is 11.3 Å². The lowest BCUT2D eigenvalue weighted by atomic mass is 9.58. The number of hydrogen-bond acceptors (Lipinski definition) is 5. The number of nitriles is 3. The van der Waals surface area contributed by atoms with Crippen molar-refractivity contribution in [3.8, 4) is 18.2 Å². The van der Waals surface area contributed by atoms with Gasteiger partial charge >= 0.3 is 0 Å². The van der Waals surface area contributed by atoms with Crippen LogP contribution in [0.2, 0.25) is 10.0 Å². The molecule has 1 aromatic carbocycles. The van der Waals surface area contributed by atoms with Gasteiger partial charge in [-0.2, -0.15) is 15.8 Å². The predicted octanol–water partition coefficient (Wildman–Crippen LogP) is 3.74. The number of halogens is 2. The third kappa shape index (κ3) is 2.78. The van der Waals surface area contributed by atoms with Crippen LogP contribution in [0.25, 0.3) is 0 Å². The summed E-state index contributed by atoms with van der Waals surface area (Å²) in [4.78, 5) is 2.19. The van der Waals surface area contributed by atoms with Crippen molar-refractivity contribution >= 4 is 23.2 Å². The van der Waals surface area contributed by atoms with Gasteiger partial charge < -0.3 is 5.73 Å². The largest absolute Gasteiger partial charge is 0.399 e. The second kappa shape index (κ2) is 7.26. The van der Waals surface area contributed by atoms with E-state index in [2.05, 4.69) is 23.1 Å². The van der Waals surface area contributed by atoms with E-state index in [1.54, 1.807) is 18.2 Å². The molecule has 2 N–H and O–H groups in total. The third-order valence-electron chi connectivity index (χ3n) is 5.50. The molecule has 0 spiro atoms. The van der Waals surface area contributed by atoms with Gasteiger partial charge in [-0.05, 0) is 23.7 Å². The number of rotatable bonds is 2. The third-order valence-corrected chi connectivity index (χ3v) is 6.34. The highest BCUT2D eigenvalue weighted by molar-refractivity contribution is 6.42. The first-order valence-corrected chi connectivity index (χ1v) is 9.30. The molecule has 0 fully saturated rings. The second-order valence-corrected chi connectivity index (χ2v) is 7.46. The van der Waals surface area contributed by atoms with Gasteiger partial charge in [0.2, 0.25) is 0 Å². The lowest BCUT2D eigenvalue weighted by molar-refractivity contribution is 0.214. The summed E-state index contributed by atoms with van der Waals surface area (Å²) in [7, 11) is 0. The number of nitrogens with two attached hydrogens (primary N) is 1. The van der Waals surface area contributed by atoms with E-state index in [4.69, 9.17) is 28.9 Å². The summed E-state index contributed by atoms with van der Waals surface area (Å²) >= 11 is 12.7. The second-order valence-electron chi connectivity index (χ2n) is 6.67. The van der Waals surface area contributed by atoms with Crippen molar-refractivity contribution in [2.75, 3.05) is 19.6 Å². The standard InChI is InChI=1S/C20H17Cl2N5/c1-2-27-7-6-12-14(8-23)19(26)20(10-24,11-25)17(15(12)9-27)13-4-3-5-16(21)18(13)22/h3-6,15,17H,2,7,9,26H2,1H3/t15-,17-/m0/s1. The van der Waals surface area contributed by atoms with E-state index in [-0.39, 0.29) is 17.2 Å². The Morgan fingerprint density at radius 1 is 1.26 bits per heavy atom. The molecule has 3 rings (SSSR count). The van der Waals surface area contributed by atoms with E-state index in [0.29, 0.717) is 28.7 Å². The maximum Gasteiger partial charge on any atom is 0.191 e. The molecule has 0 unspecified atom stereocenters. The summed E-state index contributed by atoms with van der Waals surface area (Å²) < 4.78 is 0. The van der Waals surface area contributed by atoms with Gasteiger partial charge in [0.15, 0.2) is 5.41 Å². The Balaban J connectivity index is 2.36. The molecule has 136 valence electrons. The Labute approximate surface area is 168 Å². The number of benzene rings is 1. The van der Waals surface area contributed by atoms with Gasteiger partial charge in [-0.1, -0.05) is 48.3 Å². The highest BCUT2D eigenvalue weighted by Gasteiger charge is 2.54. The minimum absolute atomic E-state index is 0.0107. The molecular weight excluding hydrogens is 381 g/mol. The quantitative estimate of drug-likeness (QED) is 0.818. The first-order valence-electron chi connectivity index (χ1n) is 8.54. The Hall–Kier alpha value is -2.49. The minimum Gasteiger partial charge on any atom is -0.399 e. The normalized spacial score (nSPS) is 24.2. The van der Waals surface area contributed by atoms with E-state index in [1.165, 1.54) is 0 Å². The van der Waals surface area contributed by atoms with Gasteiger partial charge in [0.25, 0.3) is 0 Å². The summed E-state index contributed by atoms with van der Waals surface area (Å²) in [6.45, 7) is 4.13. The zero-order chi connectivity index (χ0) is 19.8. The van der Waals surface area contributed by atoms with Crippen LogP contribution in [0.5, 0.6) is 0 Å². The maximum atomic E-state index is 10.0. The van der Waals surface area contributed by atoms with E-state index >= 15 is 0 Å². The average molecular weight is 398 g/mol. The molecule has 0 radical (unpaired) electrons. The molecule has 1 aromatic rings. The van der Waals surface area contributed by atoms with Crippen molar-refractivity contribution in [1.82, 2.24) is 4.90 Å². The fourth-order valence-corrected chi connectivity index (χ4v) is 4.53. The Kier molecular flexibility index (Phi) is 5.18. The fourth-order valence-electron chi connectivity index (χ4n) is 4.10. The molecule has 0 aromatic heterocycles. The van der Waals surface area contributed by atoms with Gasteiger partial charge in [-0.25, -0.2) is 0 Å². The Morgan fingerprint density at radius 2 is 1.96 bits per heavy atom. The number of nitrogens with zero attached hydrogens (tertiary/aromatic N) is 4. The van der Waals surface area contributed by atoms with Gasteiger partial charge in [0.05, 0.1) is 33.5 Å². The van der Waals surface area contributed by atoms with Crippen molar-refractivity contribution in [3.63, 3.8) is 0 Å². The van der Waals surface area contributed by atoms with Crippen molar-refractivity contribution in [3.05, 3.63) is 56.7 Å². The van der Waals surface area contributed by atoms with E-state index in [0.717, 1.165) is 12.1 Å². The predicted molar refractivity (Wildman–Crippen MR) is 103 cm³/mol. The number of hydrogen-bond donors (Lipinski definition) is 1. The number of fused-ring (bicyclic) bond motifs is 1. The number of likely N-dealkylation sites (N-methyl/N-ethyl adjacent to an activating group) is 1. The van der Waals surface area contributed by atoms with Gasteiger partial charge in [0.1, 0.15) is 6.07 Å². The summed E-state index contributed by atoms with van der Waals surface area (Å²) in [6, 6.07) is 11.5. The van der Waals surface area contributed by atoms with Crippen molar-refractivity contribution in [2.45, 2.75) is 12.8 Å². The van der Waals surface area contributed by atoms with E-state index in [1.807, 2.05) is 13.0 Å². The molecule has 1 heterocycles. The summed E-state index contributed by atoms with van der Waals surface area (Å²) in [5.74, 6) is -0.896. The Morgan fingerprint density at radius 3 is 2.56 bits per heavy atom. The fraction of sp³-hybridized carbons (Fsp3) is 0.350. The molecule has 2 atom stereocenters. The lowest BCUT2D eigenvalue weighted by Gasteiger charge is -2.45. The summed E-state index contributed by atoms with van der Waals surface area (Å²) in [5, 5.41) is 30.4. The van der Waals surface area contributed by atoms with Crippen LogP contribution < -0.4 is 5.73 Å². The molecule has 7 heteroatoms. The summed E-state index contributed by atoms with van der Waals surface area (Å²) in [6.07, 6.45) is 1.97. The molecule has 27 heavy (non-hydrogen) atoms. The smallest absolute Gasteiger partial charge is 0.191 e. The average Bonchev–Trinajstić information content (AvgIpc) is 2.69. The van der Waals surface area contributed by atoms with Crippen LogP contribution in [0.4, 0.5) is 0 Å². The number of allylic oxidation sites excluding steroid dienone is 2. The van der Waals surface area contributed by atoms with Crippen LogP contribution in [-0.4, -0.2) is 24.5 Å². The Bertz CT molecular complexity index is 960. The van der Waals surface area contributed by atoms with Crippen molar-refractivity contribution in [2.24, 2.45) is 17.1 Å². The zero-order valence-electron chi connectivity index (χ0n) is 14.7. The van der Waals surface area contributed by atoms with E-state index in [9.17, 15) is 15.8 Å². The molecule has 0 saturated heterocycles. The molecule has 2 aliphatic rings. The molecular formula is C20H17Cl2N5. The molecule has 5 nitrogen and oxygen atoms in total. The zero-order valence-corrected chi connectivity index (χ0v) is 16.2. The minimum atomic E-state index is -1.70. The van der Waals surface area contributed by atoms with Crippen LogP contribution in [0.3, 0.4) is 0 Å². The topological polar surface area (TPSA) is 101 Å². The van der Waals surface area contributed by atoms with Crippen LogP contribution >= 0.6 is 23.2 Å². The molecule has 0 bridgehead atoms. The highest BCUT2D eigenvalue weighted by Crippen LogP contribution is 2.55. The van der Waals surface area contributed by atoms with Crippen LogP contribution in [0.1, 0.15) is 18.4 Å².